The highest BCUT2D eigenvalue weighted by Gasteiger charge is 2.29. The first-order chi connectivity index (χ1) is 22.1. The molecule has 3 N–H and O–H groups in total. The number of ether oxygens (including phenoxy) is 2. The molecule has 13 nitrogen and oxygen atoms in total. The Morgan fingerprint density at radius 1 is 0.787 bits per heavy atom. The van der Waals surface area contributed by atoms with Gasteiger partial charge in [-0.05, 0) is 38.5 Å². The van der Waals surface area contributed by atoms with E-state index in [1.54, 1.807) is 14.1 Å². The number of carbonyl (C=O) groups excluding carboxylic acids is 5. The van der Waals surface area contributed by atoms with E-state index in [1.807, 2.05) is 26.2 Å². The molecule has 2 unspecified atom stereocenters. The summed E-state index contributed by atoms with van der Waals surface area (Å²) in [6.07, 6.45) is 12.6. The standard InChI is InChI=1S/C34H62N4O9/c1-8-9-16-20-31(46-34(44)27-38(6,7)47-29(3)40)30(41)19-17-14-12-10-11-13-15-18-21-32(42)35-22-23-36-33(43)26-37(4,5)24-25-45-28(2)39/h14,17,30-31,41H,8-13,15-16,18-27H2,1-7H3/p+2/b17-14-. The summed E-state index contributed by atoms with van der Waals surface area (Å²) in [4.78, 5) is 64.0. The van der Waals surface area contributed by atoms with Crippen molar-refractivity contribution in [3.8, 4) is 0 Å². The molecule has 13 heteroatoms. The molecule has 0 saturated heterocycles. The zero-order valence-corrected chi connectivity index (χ0v) is 30.1. The summed E-state index contributed by atoms with van der Waals surface area (Å²) >= 11 is 0. The number of aliphatic hydroxyl groups is 1. The number of hydrogen-bond acceptors (Lipinski definition) is 9. The number of hydroxylamine groups is 3. The van der Waals surface area contributed by atoms with Crippen LogP contribution in [0, 0.1) is 0 Å². The van der Waals surface area contributed by atoms with Crippen LogP contribution in [0.25, 0.3) is 0 Å². The minimum atomic E-state index is -0.810. The van der Waals surface area contributed by atoms with Crippen LogP contribution in [0.15, 0.2) is 12.2 Å². The molecule has 0 aliphatic rings. The van der Waals surface area contributed by atoms with Gasteiger partial charge in [-0.15, -0.1) is 4.65 Å². The SMILES string of the molecule is CCCCCC(OC(=O)C[N+](C)(C)OC(C)=O)C(O)C/C=C\CCCCCCCC(=O)NCCNC(=O)C[N+](C)(C)CCOC(C)=O. The number of allylic oxidation sites excluding steroid dienone is 1. The minimum Gasteiger partial charge on any atom is -0.460 e. The maximum absolute atomic E-state index is 12.5. The summed E-state index contributed by atoms with van der Waals surface area (Å²) in [5.41, 5.74) is 0. The molecule has 0 fully saturated rings. The summed E-state index contributed by atoms with van der Waals surface area (Å²) in [6, 6.07) is 0. The Morgan fingerprint density at radius 2 is 1.43 bits per heavy atom. The van der Waals surface area contributed by atoms with E-state index in [0.717, 1.165) is 57.8 Å². The van der Waals surface area contributed by atoms with Crippen molar-refractivity contribution >= 4 is 29.7 Å². The van der Waals surface area contributed by atoms with Crippen LogP contribution in [-0.2, 0) is 38.3 Å². The number of carbonyl (C=O) groups is 5. The van der Waals surface area contributed by atoms with Crippen LogP contribution >= 0.6 is 0 Å². The second-order valence-electron chi connectivity index (χ2n) is 13.3. The Labute approximate surface area is 282 Å². The smallest absolute Gasteiger partial charge is 0.366 e. The van der Waals surface area contributed by atoms with Crippen LogP contribution < -0.4 is 10.6 Å². The van der Waals surface area contributed by atoms with Crippen molar-refractivity contribution in [3.05, 3.63) is 12.2 Å². The number of likely N-dealkylation sites (N-methyl/N-ethyl adjacent to an activating group) is 2. The molecule has 2 atom stereocenters. The van der Waals surface area contributed by atoms with E-state index in [9.17, 15) is 29.1 Å². The van der Waals surface area contributed by atoms with Gasteiger partial charge in [0.2, 0.25) is 12.5 Å². The van der Waals surface area contributed by atoms with Crippen molar-refractivity contribution in [3.63, 3.8) is 0 Å². The normalized spacial score (nSPS) is 13.1. The fourth-order valence-corrected chi connectivity index (χ4v) is 4.86. The molecule has 47 heavy (non-hydrogen) atoms. The maximum Gasteiger partial charge on any atom is 0.366 e. The van der Waals surface area contributed by atoms with Crippen LogP contribution in [0.3, 0.4) is 0 Å². The molecule has 0 aromatic rings. The van der Waals surface area contributed by atoms with Gasteiger partial charge in [0.15, 0.2) is 6.54 Å². The zero-order chi connectivity index (χ0) is 35.7. The highest BCUT2D eigenvalue weighted by atomic mass is 16.7. The van der Waals surface area contributed by atoms with Gasteiger partial charge in [-0.1, -0.05) is 51.2 Å². The lowest BCUT2D eigenvalue weighted by Crippen LogP contribution is -2.50. The number of esters is 2. The summed E-state index contributed by atoms with van der Waals surface area (Å²) < 4.78 is 10.7. The summed E-state index contributed by atoms with van der Waals surface area (Å²) in [5.74, 6) is -1.49. The Bertz CT molecular complexity index is 969. The highest BCUT2D eigenvalue weighted by Crippen LogP contribution is 2.16. The van der Waals surface area contributed by atoms with Crippen molar-refractivity contribution in [2.24, 2.45) is 0 Å². The highest BCUT2D eigenvalue weighted by molar-refractivity contribution is 5.77. The number of nitrogens with one attached hydrogen (secondary N) is 2. The van der Waals surface area contributed by atoms with Crippen LogP contribution in [0.1, 0.15) is 97.8 Å². The first kappa shape index (κ1) is 44.0. The van der Waals surface area contributed by atoms with Crippen LogP contribution in [-0.4, -0.2) is 124 Å². The number of amides is 2. The van der Waals surface area contributed by atoms with E-state index in [2.05, 4.69) is 17.6 Å². The average molecular weight is 673 g/mol. The first-order valence-electron chi connectivity index (χ1n) is 17.1. The Kier molecular flexibility index (Phi) is 23.4. The van der Waals surface area contributed by atoms with Gasteiger partial charge in [-0.3, -0.25) is 19.2 Å². The number of hydrogen-bond donors (Lipinski definition) is 3. The van der Waals surface area contributed by atoms with E-state index in [1.165, 1.54) is 13.8 Å². The lowest BCUT2D eigenvalue weighted by atomic mass is 10.0. The third kappa shape index (κ3) is 26.7. The molecule has 0 aromatic carbocycles. The van der Waals surface area contributed by atoms with Gasteiger partial charge >= 0.3 is 17.9 Å². The van der Waals surface area contributed by atoms with Crippen molar-refractivity contribution < 1.29 is 52.5 Å². The van der Waals surface area contributed by atoms with E-state index in [0.29, 0.717) is 43.4 Å². The summed E-state index contributed by atoms with van der Waals surface area (Å²) in [6.45, 7) is 6.37. The third-order valence-corrected chi connectivity index (χ3v) is 7.35. The predicted octanol–water partition coefficient (Wildman–Crippen LogP) is 2.94. The van der Waals surface area contributed by atoms with Crippen molar-refractivity contribution in [1.82, 2.24) is 10.6 Å². The van der Waals surface area contributed by atoms with Gasteiger partial charge in [0.25, 0.3) is 5.91 Å². The Balaban J connectivity index is 4.12. The molecule has 0 radical (unpaired) electrons. The molecule has 0 saturated carbocycles. The summed E-state index contributed by atoms with van der Waals surface area (Å²) in [5, 5.41) is 16.4. The van der Waals surface area contributed by atoms with Crippen LogP contribution in [0.2, 0.25) is 0 Å². The molecule has 0 rings (SSSR count). The maximum atomic E-state index is 12.5. The topological polar surface area (TPSA) is 157 Å². The van der Waals surface area contributed by atoms with Gasteiger partial charge in [0.05, 0.1) is 20.2 Å². The predicted molar refractivity (Wildman–Crippen MR) is 179 cm³/mol. The van der Waals surface area contributed by atoms with Crippen LogP contribution in [0.4, 0.5) is 0 Å². The Hall–Kier alpha value is -3.03. The van der Waals surface area contributed by atoms with E-state index >= 15 is 0 Å². The lowest BCUT2D eigenvalue weighted by molar-refractivity contribution is -1.05. The number of nitrogens with zero attached hydrogens (tertiary/aromatic N) is 2. The van der Waals surface area contributed by atoms with E-state index in [4.69, 9.17) is 14.3 Å². The van der Waals surface area contributed by atoms with Crippen molar-refractivity contribution in [2.75, 3.05) is 67.5 Å². The van der Waals surface area contributed by atoms with Crippen LogP contribution in [0.5, 0.6) is 0 Å². The minimum absolute atomic E-state index is 0.0240. The molecule has 0 aliphatic carbocycles. The average Bonchev–Trinajstić information content (AvgIpc) is 2.94. The van der Waals surface area contributed by atoms with Crippen molar-refractivity contribution in [1.29, 1.82) is 0 Å². The summed E-state index contributed by atoms with van der Waals surface area (Å²) in [7, 11) is 6.97. The fraction of sp³-hybridized carbons (Fsp3) is 0.794. The monoisotopic (exact) mass is 672 g/mol. The van der Waals surface area contributed by atoms with Gasteiger partial charge in [-0.25, -0.2) is 9.59 Å². The van der Waals surface area contributed by atoms with Crippen molar-refractivity contribution in [2.45, 2.75) is 110 Å². The molecular formula is C34H64N4O9+2. The van der Waals surface area contributed by atoms with Gasteiger partial charge < -0.3 is 29.7 Å². The lowest BCUT2D eigenvalue weighted by Gasteiger charge is -2.28. The van der Waals surface area contributed by atoms with Gasteiger partial charge in [0.1, 0.15) is 33.4 Å². The second-order valence-corrected chi connectivity index (χ2v) is 13.3. The van der Waals surface area contributed by atoms with Gasteiger partial charge in [-0.2, -0.15) is 0 Å². The fourth-order valence-electron chi connectivity index (χ4n) is 4.86. The number of aliphatic hydroxyl groups excluding tert-OH is 1. The molecule has 0 spiro atoms. The van der Waals surface area contributed by atoms with E-state index in [-0.39, 0.29) is 42.1 Å². The molecule has 0 aliphatic heterocycles. The molecule has 0 bridgehead atoms. The molecule has 2 amide bonds. The molecule has 0 heterocycles. The molecular weight excluding hydrogens is 608 g/mol. The largest absolute Gasteiger partial charge is 0.460 e. The molecule has 272 valence electrons. The molecule has 0 aromatic heterocycles. The first-order valence-corrected chi connectivity index (χ1v) is 17.1. The second kappa shape index (κ2) is 25.0. The van der Waals surface area contributed by atoms with E-state index < -0.39 is 24.1 Å². The Morgan fingerprint density at radius 3 is 2.06 bits per heavy atom. The number of unbranched alkanes of at least 4 members (excludes halogenated alkanes) is 7. The zero-order valence-electron chi connectivity index (χ0n) is 30.1. The quantitative estimate of drug-likeness (QED) is 0.0393. The third-order valence-electron chi connectivity index (χ3n) is 7.35. The number of rotatable bonds is 27. The van der Waals surface area contributed by atoms with Gasteiger partial charge in [0, 0.05) is 33.4 Å². The number of quaternary nitrogens is 2.